The van der Waals surface area contributed by atoms with E-state index in [0.717, 1.165) is 5.69 Å². The fourth-order valence-corrected chi connectivity index (χ4v) is 3.27. The third-order valence-electron chi connectivity index (χ3n) is 4.55. The van der Waals surface area contributed by atoms with Gasteiger partial charge in [-0.15, -0.1) is 0 Å². The molecule has 1 aliphatic heterocycles. The van der Waals surface area contributed by atoms with Crippen molar-refractivity contribution in [2.24, 2.45) is 0 Å². The van der Waals surface area contributed by atoms with E-state index >= 15 is 0 Å². The molecule has 2 amide bonds. The average Bonchev–Trinajstić information content (AvgIpc) is 3.03. The van der Waals surface area contributed by atoms with Crippen LogP contribution in [0.15, 0.2) is 51.7 Å². The normalized spacial score (nSPS) is 14.5. The average molecular weight is 401 g/mol. The highest BCUT2D eigenvalue weighted by Crippen LogP contribution is 2.20. The summed E-state index contributed by atoms with van der Waals surface area (Å²) in [5, 5.41) is 3.36. The first-order valence-electron chi connectivity index (χ1n) is 8.69. The molecule has 1 aromatic heterocycles. The number of oxazole rings is 1. The van der Waals surface area contributed by atoms with Crippen molar-refractivity contribution in [1.82, 2.24) is 9.88 Å². The molecule has 144 valence electrons. The van der Waals surface area contributed by atoms with Crippen molar-refractivity contribution in [1.29, 1.82) is 0 Å². The van der Waals surface area contributed by atoms with Crippen LogP contribution in [-0.2, 0) is 9.59 Å². The van der Waals surface area contributed by atoms with Gasteiger partial charge in [0.15, 0.2) is 5.58 Å². The molecule has 9 heteroatoms. The Balaban J connectivity index is 1.36. The lowest BCUT2D eigenvalue weighted by molar-refractivity contribution is -0.134. The minimum absolute atomic E-state index is 0.0393. The molecule has 0 aliphatic carbocycles. The van der Waals surface area contributed by atoms with E-state index in [1.807, 2.05) is 17.0 Å². The number of carbonyl (C=O) groups is 2. The second-order valence-electron chi connectivity index (χ2n) is 6.49. The topological polar surface area (TPSA) is 98.6 Å². The van der Waals surface area contributed by atoms with E-state index in [1.54, 1.807) is 30.3 Å². The molecule has 1 saturated heterocycles. The van der Waals surface area contributed by atoms with Gasteiger partial charge in [0.2, 0.25) is 11.8 Å². The molecule has 3 aromatic rings. The molecule has 2 aromatic carbocycles. The van der Waals surface area contributed by atoms with Crippen molar-refractivity contribution >= 4 is 45.9 Å². The summed E-state index contributed by atoms with van der Waals surface area (Å²) in [4.78, 5) is 42.0. The lowest BCUT2D eigenvalue weighted by atomic mass is 10.2. The molecular weight excluding hydrogens is 384 g/mol. The van der Waals surface area contributed by atoms with Gasteiger partial charge in [-0.3, -0.25) is 14.6 Å². The number of nitrogens with one attached hydrogen (secondary N) is 2. The van der Waals surface area contributed by atoms with E-state index in [2.05, 4.69) is 10.3 Å². The molecule has 1 aliphatic rings. The van der Waals surface area contributed by atoms with E-state index in [9.17, 15) is 14.4 Å². The van der Waals surface area contributed by atoms with Gasteiger partial charge in [-0.25, -0.2) is 4.79 Å². The number of hydrogen-bond donors (Lipinski definition) is 2. The lowest BCUT2D eigenvalue weighted by Crippen LogP contribution is -2.52. The minimum Gasteiger partial charge on any atom is -0.408 e. The van der Waals surface area contributed by atoms with Crippen LogP contribution in [0.25, 0.3) is 11.1 Å². The number of amides is 2. The van der Waals surface area contributed by atoms with Crippen LogP contribution in [-0.4, -0.2) is 47.9 Å². The molecule has 0 bridgehead atoms. The molecular formula is C19H17ClN4O4. The molecule has 2 N–H and O–H groups in total. The van der Waals surface area contributed by atoms with Crippen molar-refractivity contribution in [3.8, 4) is 0 Å². The maximum Gasteiger partial charge on any atom is 0.417 e. The second kappa shape index (κ2) is 7.40. The monoisotopic (exact) mass is 400 g/mol. The largest absolute Gasteiger partial charge is 0.417 e. The van der Waals surface area contributed by atoms with Crippen LogP contribution in [0.1, 0.15) is 0 Å². The zero-order valence-corrected chi connectivity index (χ0v) is 15.5. The van der Waals surface area contributed by atoms with Gasteiger partial charge >= 0.3 is 5.76 Å². The Morgan fingerprint density at radius 1 is 1.14 bits per heavy atom. The van der Waals surface area contributed by atoms with E-state index in [4.69, 9.17) is 16.0 Å². The van der Waals surface area contributed by atoms with Crippen LogP contribution in [0.5, 0.6) is 0 Å². The number of fused-ring (bicyclic) bond motifs is 1. The number of benzene rings is 2. The summed E-state index contributed by atoms with van der Waals surface area (Å²) in [7, 11) is 0. The standard InChI is InChI=1S/C19H17ClN4O4/c20-12-1-4-14(5-2-12)23-7-8-24(18(26)11-23)10-17(25)21-13-3-6-15-16(9-13)28-19(27)22-15/h1-6,9H,7-8,10-11H2,(H,21,25)(H,22,27). The molecule has 1 fully saturated rings. The van der Waals surface area contributed by atoms with E-state index in [-0.39, 0.29) is 24.9 Å². The number of rotatable bonds is 4. The third kappa shape index (κ3) is 3.86. The fraction of sp³-hybridized carbons (Fsp3) is 0.211. The van der Waals surface area contributed by atoms with Crippen LogP contribution in [0.4, 0.5) is 11.4 Å². The number of anilines is 2. The molecule has 28 heavy (non-hydrogen) atoms. The van der Waals surface area contributed by atoms with Crippen LogP contribution in [0.2, 0.25) is 5.02 Å². The van der Waals surface area contributed by atoms with Gasteiger partial charge in [0.05, 0.1) is 18.6 Å². The van der Waals surface area contributed by atoms with Crippen LogP contribution in [0.3, 0.4) is 0 Å². The number of piperazine rings is 1. The summed E-state index contributed by atoms with van der Waals surface area (Å²) < 4.78 is 4.98. The number of H-pyrrole nitrogens is 1. The van der Waals surface area contributed by atoms with E-state index in [1.165, 1.54) is 4.90 Å². The summed E-state index contributed by atoms with van der Waals surface area (Å²) in [5.74, 6) is -0.989. The highest BCUT2D eigenvalue weighted by Gasteiger charge is 2.25. The Bertz CT molecular complexity index is 1090. The van der Waals surface area contributed by atoms with Gasteiger partial charge in [-0.1, -0.05) is 11.6 Å². The zero-order valence-electron chi connectivity index (χ0n) is 14.8. The maximum atomic E-state index is 12.4. The van der Waals surface area contributed by atoms with E-state index < -0.39 is 5.76 Å². The van der Waals surface area contributed by atoms with Crippen molar-refractivity contribution in [3.05, 3.63) is 58.0 Å². The quantitative estimate of drug-likeness (QED) is 0.698. The number of aromatic amines is 1. The molecule has 0 radical (unpaired) electrons. The third-order valence-corrected chi connectivity index (χ3v) is 4.80. The summed E-state index contributed by atoms with van der Waals surface area (Å²) >= 11 is 5.90. The van der Waals surface area contributed by atoms with Crippen molar-refractivity contribution in [3.63, 3.8) is 0 Å². The predicted octanol–water partition coefficient (Wildman–Crippen LogP) is 2.06. The number of halogens is 1. The minimum atomic E-state index is -0.553. The summed E-state index contributed by atoms with van der Waals surface area (Å²) in [5.41, 5.74) is 2.32. The molecule has 4 rings (SSSR count). The predicted molar refractivity (Wildman–Crippen MR) is 106 cm³/mol. The second-order valence-corrected chi connectivity index (χ2v) is 6.92. The van der Waals surface area contributed by atoms with Crippen LogP contribution < -0.4 is 16.0 Å². The molecule has 0 spiro atoms. The van der Waals surface area contributed by atoms with E-state index in [0.29, 0.717) is 34.9 Å². The van der Waals surface area contributed by atoms with Gasteiger partial charge in [-0.05, 0) is 36.4 Å². The van der Waals surface area contributed by atoms with Crippen molar-refractivity contribution < 1.29 is 14.0 Å². The molecule has 8 nitrogen and oxygen atoms in total. The molecule has 0 saturated carbocycles. The Morgan fingerprint density at radius 3 is 2.68 bits per heavy atom. The van der Waals surface area contributed by atoms with Gasteiger partial charge in [-0.2, -0.15) is 0 Å². The summed E-state index contributed by atoms with van der Waals surface area (Å²) in [6.45, 7) is 1.24. The van der Waals surface area contributed by atoms with Gasteiger partial charge in [0.1, 0.15) is 0 Å². The molecule has 0 atom stereocenters. The van der Waals surface area contributed by atoms with Gasteiger partial charge in [0.25, 0.3) is 0 Å². The molecule has 0 unspecified atom stereocenters. The first-order valence-corrected chi connectivity index (χ1v) is 9.07. The van der Waals surface area contributed by atoms with Gasteiger partial charge < -0.3 is 19.5 Å². The van der Waals surface area contributed by atoms with Crippen LogP contribution in [0, 0.1) is 0 Å². The molecule has 2 heterocycles. The SMILES string of the molecule is O=C(CN1CCN(c2ccc(Cl)cc2)CC1=O)Nc1ccc2[nH]c(=O)oc2c1. The van der Waals surface area contributed by atoms with Crippen molar-refractivity contribution in [2.45, 2.75) is 0 Å². The highest BCUT2D eigenvalue weighted by molar-refractivity contribution is 6.30. The Hall–Kier alpha value is -3.26. The number of aromatic nitrogens is 1. The summed E-state index contributed by atoms with van der Waals surface area (Å²) in [6, 6.07) is 12.2. The smallest absolute Gasteiger partial charge is 0.408 e. The fourth-order valence-electron chi connectivity index (χ4n) is 3.14. The Morgan fingerprint density at radius 2 is 1.93 bits per heavy atom. The number of carbonyl (C=O) groups excluding carboxylic acids is 2. The number of nitrogens with zero attached hydrogens (tertiary/aromatic N) is 2. The Kier molecular flexibility index (Phi) is 4.79. The highest BCUT2D eigenvalue weighted by atomic mass is 35.5. The van der Waals surface area contributed by atoms with Gasteiger partial charge in [0, 0.05) is 35.6 Å². The first-order chi connectivity index (χ1) is 13.5. The first kappa shape index (κ1) is 18.1. The lowest BCUT2D eigenvalue weighted by Gasteiger charge is -2.35. The maximum absolute atomic E-state index is 12.4. The summed E-state index contributed by atoms with van der Waals surface area (Å²) in [6.07, 6.45) is 0. The number of hydrogen-bond acceptors (Lipinski definition) is 5. The zero-order chi connectivity index (χ0) is 19.7. The van der Waals surface area contributed by atoms with Crippen molar-refractivity contribution in [2.75, 3.05) is 36.4 Å². The Labute approximate surface area is 164 Å². The van der Waals surface area contributed by atoms with Crippen LogP contribution >= 0.6 is 11.6 Å².